The number of hydrogen-bond acceptors (Lipinski definition) is 1. The molecule has 0 aliphatic heterocycles. The van der Waals surface area contributed by atoms with E-state index in [0.717, 1.165) is 0 Å². The fourth-order valence-electron chi connectivity index (χ4n) is 0. The van der Waals surface area contributed by atoms with Crippen molar-refractivity contribution in [1.82, 2.24) is 0 Å². The van der Waals surface area contributed by atoms with Crippen molar-refractivity contribution in [2.45, 2.75) is 0 Å². The molecule has 0 rings (SSSR count). The van der Waals surface area contributed by atoms with E-state index in [-0.39, 0.29) is 36.0 Å². The average Bonchev–Trinajstić information content (AvgIpc) is 0.918. The first-order valence-electron chi connectivity index (χ1n) is 0.569. The molecule has 2 nitrogen and oxygen atoms in total. The minimum Gasteiger partial charge on any atom is -0.372 e. The van der Waals surface area contributed by atoms with Crippen LogP contribution < -0.4 is 5.73 Å². The third-order valence-corrected chi connectivity index (χ3v) is 0. The second-order valence-electron chi connectivity index (χ2n) is 0.136. The fourth-order valence-corrected chi connectivity index (χ4v) is 0. The zero-order chi connectivity index (χ0) is 2.71. The van der Waals surface area contributed by atoms with Crippen LogP contribution in [-0.2, 0) is 4.79 Å². The first kappa shape index (κ1) is 8.82. The van der Waals surface area contributed by atoms with Crippen LogP contribution in [0.3, 0.4) is 0 Å². The normalized spacial score (nSPS) is 3.00. The molecular weight excluding hydrogens is 65.0 g/mol. The molecule has 2 N–H and O–H groups in total. The molecule has 0 spiro atoms. The van der Waals surface area contributed by atoms with Crippen LogP contribution in [0.15, 0.2) is 0 Å². The molecule has 1 radical (unpaired) electrons. The van der Waals surface area contributed by atoms with Gasteiger partial charge in [0, 0.05) is 29.6 Å². The fraction of sp³-hybridized carbons (Fsp3) is 0. The molecule has 0 bridgehead atoms. The monoisotopic (exact) mass is 68.0 g/mol. The van der Waals surface area contributed by atoms with E-state index in [4.69, 9.17) is 4.79 Å². The topological polar surface area (TPSA) is 43.1 Å². The average molecular weight is 68.0 g/mol. The van der Waals surface area contributed by atoms with Crippen LogP contribution in [0, 0.1) is 0 Å². The molecule has 0 fully saturated rings. The van der Waals surface area contributed by atoms with E-state index < -0.39 is 0 Å². The van der Waals surface area contributed by atoms with Crippen LogP contribution in [-0.4, -0.2) is 36.0 Å². The van der Waals surface area contributed by atoms with E-state index in [1.807, 2.05) is 0 Å². The van der Waals surface area contributed by atoms with Crippen molar-refractivity contribution in [2.75, 3.05) is 0 Å². The van der Waals surface area contributed by atoms with Crippen LogP contribution in [0.5, 0.6) is 0 Å². The first-order chi connectivity index (χ1) is 1.41. The van der Waals surface area contributed by atoms with Gasteiger partial charge in [0.2, 0.25) is 6.41 Å². The molecule has 0 aliphatic carbocycles. The summed E-state index contributed by atoms with van der Waals surface area (Å²) in [6.45, 7) is 0. The van der Waals surface area contributed by atoms with Crippen molar-refractivity contribution in [1.29, 1.82) is 0 Å². The molecule has 1 amide bonds. The molecule has 0 saturated carbocycles. The Hall–Kier alpha value is 0.470. The Labute approximate surface area is 46.7 Å². The Balaban J connectivity index is 0. The number of nitrogens with two attached hydrogens (primary N) is 1. The van der Waals surface area contributed by atoms with Gasteiger partial charge < -0.3 is 5.73 Å². The van der Waals surface area contributed by atoms with Gasteiger partial charge in [0.1, 0.15) is 0 Å². The standard InChI is InChI=1S/CH3NO.Na/c2-1-3;/h1H,(H2,2,3);. The number of carbonyl (C=O) groups is 1. The maximum absolute atomic E-state index is 8.58. The van der Waals surface area contributed by atoms with Gasteiger partial charge in [-0.05, 0) is 0 Å². The predicted octanol–water partition coefficient (Wildman–Crippen LogP) is -1.28. The summed E-state index contributed by atoms with van der Waals surface area (Å²) in [4.78, 5) is 8.58. The van der Waals surface area contributed by atoms with Crippen molar-refractivity contribution in [3.05, 3.63) is 0 Å². The van der Waals surface area contributed by atoms with Crippen LogP contribution in [0.1, 0.15) is 0 Å². The molecule has 0 atom stereocenters. The van der Waals surface area contributed by atoms with Gasteiger partial charge in [-0.3, -0.25) is 4.79 Å². The molecule has 0 aromatic carbocycles. The molecule has 0 heterocycles. The van der Waals surface area contributed by atoms with Gasteiger partial charge in [-0.2, -0.15) is 0 Å². The van der Waals surface area contributed by atoms with Crippen LogP contribution in [0.2, 0.25) is 0 Å². The van der Waals surface area contributed by atoms with Gasteiger partial charge in [0.05, 0.1) is 0 Å². The number of amides is 1. The molecular formula is CH3NNaO. The van der Waals surface area contributed by atoms with E-state index in [0.29, 0.717) is 0 Å². The van der Waals surface area contributed by atoms with Gasteiger partial charge in [0.15, 0.2) is 0 Å². The second kappa shape index (κ2) is 9.80. The van der Waals surface area contributed by atoms with Gasteiger partial charge >= 0.3 is 0 Å². The number of rotatable bonds is 0. The Morgan fingerprint density at radius 2 is 1.75 bits per heavy atom. The SMILES string of the molecule is NC=O.[Na]. The minimum atomic E-state index is 0. The van der Waals surface area contributed by atoms with Gasteiger partial charge in [-0.1, -0.05) is 0 Å². The number of hydrogen-bond donors (Lipinski definition) is 1. The molecule has 4 heavy (non-hydrogen) atoms. The molecule has 0 aromatic rings. The minimum absolute atomic E-state index is 0. The summed E-state index contributed by atoms with van der Waals surface area (Å²) in [6, 6.07) is 0. The molecule has 3 heteroatoms. The maximum Gasteiger partial charge on any atom is 0.204 e. The Kier molecular flexibility index (Phi) is 21.6. The van der Waals surface area contributed by atoms with Crippen molar-refractivity contribution in [3.63, 3.8) is 0 Å². The summed E-state index contributed by atoms with van der Waals surface area (Å²) in [7, 11) is 0. The summed E-state index contributed by atoms with van der Waals surface area (Å²) in [5.41, 5.74) is 4.17. The quantitative estimate of drug-likeness (QED) is 0.279. The summed E-state index contributed by atoms with van der Waals surface area (Å²) < 4.78 is 0. The van der Waals surface area contributed by atoms with Crippen LogP contribution in [0.25, 0.3) is 0 Å². The zero-order valence-corrected chi connectivity index (χ0v) is 4.56. The summed E-state index contributed by atoms with van der Waals surface area (Å²) in [6.07, 6.45) is 0.250. The van der Waals surface area contributed by atoms with E-state index in [1.165, 1.54) is 0 Å². The van der Waals surface area contributed by atoms with E-state index in [9.17, 15) is 0 Å². The third kappa shape index (κ3) is 24.2. The van der Waals surface area contributed by atoms with Gasteiger partial charge in [0.25, 0.3) is 0 Å². The number of primary amides is 1. The zero-order valence-electron chi connectivity index (χ0n) is 2.56. The molecule has 19 valence electrons. The Morgan fingerprint density at radius 3 is 1.75 bits per heavy atom. The first-order valence-corrected chi connectivity index (χ1v) is 0.569. The van der Waals surface area contributed by atoms with Crippen molar-refractivity contribution in [3.8, 4) is 0 Å². The summed E-state index contributed by atoms with van der Waals surface area (Å²) in [5, 5.41) is 0. The van der Waals surface area contributed by atoms with E-state index >= 15 is 0 Å². The smallest absolute Gasteiger partial charge is 0.204 e. The molecule has 0 saturated heterocycles. The largest absolute Gasteiger partial charge is 0.372 e. The van der Waals surface area contributed by atoms with Crippen molar-refractivity contribution in [2.24, 2.45) is 5.73 Å². The summed E-state index contributed by atoms with van der Waals surface area (Å²) >= 11 is 0. The number of carbonyl (C=O) groups excluding carboxylic acids is 1. The second-order valence-corrected chi connectivity index (χ2v) is 0.136. The van der Waals surface area contributed by atoms with Gasteiger partial charge in [-0.15, -0.1) is 0 Å². The van der Waals surface area contributed by atoms with Crippen molar-refractivity contribution >= 4 is 36.0 Å². The third-order valence-electron chi connectivity index (χ3n) is 0. The van der Waals surface area contributed by atoms with E-state index in [2.05, 4.69) is 5.73 Å². The van der Waals surface area contributed by atoms with Gasteiger partial charge in [-0.25, -0.2) is 0 Å². The molecule has 0 aromatic heterocycles. The summed E-state index contributed by atoms with van der Waals surface area (Å²) in [5.74, 6) is 0. The van der Waals surface area contributed by atoms with Crippen molar-refractivity contribution < 1.29 is 4.79 Å². The van der Waals surface area contributed by atoms with E-state index in [1.54, 1.807) is 0 Å². The predicted molar refractivity (Wildman–Crippen MR) is 16.0 cm³/mol. The van der Waals surface area contributed by atoms with Crippen LogP contribution >= 0.6 is 0 Å². The Bertz CT molecular complexity index is 15.5. The molecule has 0 aliphatic rings. The molecule has 0 unspecified atom stereocenters. The Morgan fingerprint density at radius 1 is 1.75 bits per heavy atom. The maximum atomic E-state index is 8.58. The van der Waals surface area contributed by atoms with Crippen LogP contribution in [0.4, 0.5) is 0 Å².